The van der Waals surface area contributed by atoms with Crippen molar-refractivity contribution < 1.29 is 0 Å². The van der Waals surface area contributed by atoms with Crippen LogP contribution in [0.15, 0.2) is 42.0 Å². The highest BCUT2D eigenvalue weighted by Gasteiger charge is 2.20. The first kappa shape index (κ1) is 16.4. The van der Waals surface area contributed by atoms with Gasteiger partial charge in [-0.15, -0.1) is 11.3 Å². The number of aromatic nitrogens is 3. The van der Waals surface area contributed by atoms with Crippen LogP contribution < -0.4 is 5.32 Å². The molecule has 0 aliphatic heterocycles. The second-order valence-electron chi connectivity index (χ2n) is 5.72. The van der Waals surface area contributed by atoms with E-state index in [1.54, 1.807) is 23.7 Å². The van der Waals surface area contributed by atoms with Crippen molar-refractivity contribution in [2.45, 2.75) is 13.8 Å². The molecule has 1 N–H and O–H groups in total. The summed E-state index contributed by atoms with van der Waals surface area (Å²) in [5.74, 6) is 0.845. The minimum absolute atomic E-state index is 0.560. The number of rotatable bonds is 3. The molecule has 4 aromatic rings. The number of fused-ring (bicyclic) bond motifs is 1. The Morgan fingerprint density at radius 2 is 1.96 bits per heavy atom. The van der Waals surface area contributed by atoms with E-state index in [0.29, 0.717) is 10.0 Å². The van der Waals surface area contributed by atoms with E-state index in [0.717, 1.165) is 39.0 Å². The Morgan fingerprint density at radius 1 is 1.12 bits per heavy atom. The number of hydrogen-bond acceptors (Lipinski definition) is 4. The number of pyridine rings is 1. The molecule has 1 aromatic carbocycles. The molecule has 7 heteroatoms. The average Bonchev–Trinajstić information content (AvgIpc) is 3.12. The molecule has 0 atom stereocenters. The van der Waals surface area contributed by atoms with Gasteiger partial charge in [-0.25, -0.2) is 4.98 Å². The van der Waals surface area contributed by atoms with Crippen molar-refractivity contribution in [3.63, 3.8) is 0 Å². The van der Waals surface area contributed by atoms with Crippen LogP contribution >= 0.6 is 34.5 Å². The predicted molar refractivity (Wildman–Crippen MR) is 106 cm³/mol. The topological polar surface area (TPSA) is 42.2 Å². The van der Waals surface area contributed by atoms with Gasteiger partial charge in [-0.05, 0) is 31.5 Å². The van der Waals surface area contributed by atoms with Gasteiger partial charge >= 0.3 is 0 Å². The smallest absolute Gasteiger partial charge is 0.196 e. The number of thiazole rings is 1. The number of para-hydroxylation sites is 1. The zero-order valence-corrected chi connectivity index (χ0v) is 15.9. The summed E-state index contributed by atoms with van der Waals surface area (Å²) in [6, 6.07) is 7.70. The van der Waals surface area contributed by atoms with E-state index in [-0.39, 0.29) is 0 Å². The maximum absolute atomic E-state index is 6.42. The molecule has 0 aliphatic carbocycles. The van der Waals surface area contributed by atoms with E-state index in [1.807, 2.05) is 38.1 Å². The Bertz CT molecular complexity index is 1060. The third-order valence-electron chi connectivity index (χ3n) is 4.03. The zero-order valence-electron chi connectivity index (χ0n) is 13.5. The summed E-state index contributed by atoms with van der Waals surface area (Å²) in [6.07, 6.45) is 3.34. The summed E-state index contributed by atoms with van der Waals surface area (Å²) in [5.41, 5.74) is 4.63. The molecule has 25 heavy (non-hydrogen) atoms. The molecule has 0 amide bonds. The summed E-state index contributed by atoms with van der Waals surface area (Å²) >= 11 is 14.4. The fraction of sp³-hybridized carbons (Fsp3) is 0.111. The molecule has 0 unspecified atom stereocenters. The molecule has 3 aromatic heterocycles. The fourth-order valence-corrected chi connectivity index (χ4v) is 4.12. The van der Waals surface area contributed by atoms with Crippen LogP contribution in [-0.2, 0) is 0 Å². The monoisotopic (exact) mass is 388 g/mol. The minimum atomic E-state index is 0.560. The van der Waals surface area contributed by atoms with Crippen LogP contribution in [-0.4, -0.2) is 14.4 Å². The fourth-order valence-electron chi connectivity index (χ4n) is 2.78. The van der Waals surface area contributed by atoms with Crippen LogP contribution in [0.25, 0.3) is 16.2 Å². The first-order valence-corrected chi connectivity index (χ1v) is 9.28. The lowest BCUT2D eigenvalue weighted by molar-refractivity contribution is 1.13. The predicted octanol–water partition coefficient (Wildman–Crippen LogP) is 6.13. The van der Waals surface area contributed by atoms with Crippen LogP contribution in [0.2, 0.25) is 10.0 Å². The number of hydrogen-bond donors (Lipinski definition) is 1. The van der Waals surface area contributed by atoms with Crippen LogP contribution in [0.1, 0.15) is 11.3 Å². The number of aryl methyl sites for hydroxylation is 2. The lowest BCUT2D eigenvalue weighted by Crippen LogP contribution is -2.00. The molecular formula is C18H14Cl2N4S. The van der Waals surface area contributed by atoms with Crippen LogP contribution in [0.3, 0.4) is 0 Å². The van der Waals surface area contributed by atoms with Gasteiger partial charge in [0.15, 0.2) is 4.96 Å². The molecule has 0 aliphatic rings. The quantitative estimate of drug-likeness (QED) is 0.459. The maximum atomic E-state index is 6.42. The highest BCUT2D eigenvalue weighted by molar-refractivity contribution is 7.15. The SMILES string of the molecule is Cc1cccc(Cl)c1Nc1c(-c2ccncc2Cl)nc2scc(C)n12. The van der Waals surface area contributed by atoms with Crippen molar-refractivity contribution in [3.05, 3.63) is 63.3 Å². The zero-order chi connectivity index (χ0) is 17.6. The van der Waals surface area contributed by atoms with Gasteiger partial charge in [-0.2, -0.15) is 0 Å². The number of benzene rings is 1. The molecular weight excluding hydrogens is 375 g/mol. The second-order valence-corrected chi connectivity index (χ2v) is 7.37. The summed E-state index contributed by atoms with van der Waals surface area (Å²) in [4.78, 5) is 9.75. The van der Waals surface area contributed by atoms with Crippen molar-refractivity contribution in [1.29, 1.82) is 0 Å². The molecule has 4 nitrogen and oxygen atoms in total. The van der Waals surface area contributed by atoms with E-state index in [1.165, 1.54) is 0 Å². The van der Waals surface area contributed by atoms with Crippen molar-refractivity contribution in [1.82, 2.24) is 14.4 Å². The maximum Gasteiger partial charge on any atom is 0.196 e. The van der Waals surface area contributed by atoms with Crippen LogP contribution in [0, 0.1) is 13.8 Å². The molecule has 0 radical (unpaired) electrons. The molecule has 126 valence electrons. The van der Waals surface area contributed by atoms with Crippen LogP contribution in [0.4, 0.5) is 11.5 Å². The van der Waals surface area contributed by atoms with Gasteiger partial charge in [0.05, 0.1) is 15.7 Å². The average molecular weight is 389 g/mol. The molecule has 4 rings (SSSR count). The third-order valence-corrected chi connectivity index (χ3v) is 5.59. The number of imidazole rings is 1. The molecule has 0 fully saturated rings. The largest absolute Gasteiger partial charge is 0.338 e. The summed E-state index contributed by atoms with van der Waals surface area (Å²) < 4.78 is 2.08. The van der Waals surface area contributed by atoms with Gasteiger partial charge in [0.1, 0.15) is 11.5 Å². The van der Waals surface area contributed by atoms with Crippen LogP contribution in [0.5, 0.6) is 0 Å². The highest BCUT2D eigenvalue weighted by Crippen LogP contribution is 2.38. The summed E-state index contributed by atoms with van der Waals surface area (Å²) in [6.45, 7) is 4.07. The first-order chi connectivity index (χ1) is 12.1. The first-order valence-electron chi connectivity index (χ1n) is 7.65. The molecule has 0 spiro atoms. The van der Waals surface area contributed by atoms with Gasteiger partial charge in [-0.1, -0.05) is 35.3 Å². The van der Waals surface area contributed by atoms with Crippen molar-refractivity contribution >= 4 is 51.0 Å². The minimum Gasteiger partial charge on any atom is -0.338 e. The van der Waals surface area contributed by atoms with Gasteiger partial charge in [0, 0.05) is 29.0 Å². The molecule has 0 bridgehead atoms. The van der Waals surface area contributed by atoms with Crippen molar-refractivity contribution in [2.75, 3.05) is 5.32 Å². The highest BCUT2D eigenvalue weighted by atomic mass is 35.5. The molecule has 0 saturated carbocycles. The summed E-state index contributed by atoms with van der Waals surface area (Å²) in [5, 5.41) is 6.78. The standard InChI is InChI=1S/C18H14Cl2N4S/c1-10-4-3-5-13(19)15(10)22-17-16(12-6-7-21-8-14(12)20)23-18-24(17)11(2)9-25-18/h3-9,22H,1-2H3. The van der Waals surface area contributed by atoms with E-state index < -0.39 is 0 Å². The normalized spacial score (nSPS) is 11.2. The van der Waals surface area contributed by atoms with E-state index in [4.69, 9.17) is 28.2 Å². The van der Waals surface area contributed by atoms with Crippen molar-refractivity contribution in [2.24, 2.45) is 0 Å². The lowest BCUT2D eigenvalue weighted by atomic mass is 10.1. The van der Waals surface area contributed by atoms with Gasteiger partial charge in [0.25, 0.3) is 0 Å². The Balaban J connectivity index is 1.97. The van der Waals surface area contributed by atoms with E-state index in [9.17, 15) is 0 Å². The molecule has 3 heterocycles. The van der Waals surface area contributed by atoms with Gasteiger partial charge < -0.3 is 5.32 Å². The van der Waals surface area contributed by atoms with Gasteiger partial charge in [-0.3, -0.25) is 9.38 Å². The van der Waals surface area contributed by atoms with Gasteiger partial charge in [0.2, 0.25) is 0 Å². The Morgan fingerprint density at radius 3 is 2.72 bits per heavy atom. The van der Waals surface area contributed by atoms with E-state index >= 15 is 0 Å². The van der Waals surface area contributed by atoms with E-state index in [2.05, 4.69) is 20.1 Å². The Kier molecular flexibility index (Phi) is 4.15. The Labute approximate surface area is 159 Å². The number of nitrogens with one attached hydrogen (secondary N) is 1. The second kappa shape index (κ2) is 6.33. The number of anilines is 2. The third kappa shape index (κ3) is 2.78. The lowest BCUT2D eigenvalue weighted by Gasteiger charge is -2.13. The number of nitrogens with zero attached hydrogens (tertiary/aromatic N) is 3. The number of halogens is 2. The molecule has 0 saturated heterocycles. The van der Waals surface area contributed by atoms with Crippen molar-refractivity contribution in [3.8, 4) is 11.3 Å². The Hall–Kier alpha value is -2.08. The summed E-state index contributed by atoms with van der Waals surface area (Å²) in [7, 11) is 0.